The highest BCUT2D eigenvalue weighted by Crippen LogP contribution is 2.30. The van der Waals surface area contributed by atoms with Crippen LogP contribution in [-0.4, -0.2) is 107 Å². The molecule has 21 nitrogen and oxygen atoms in total. The number of ketones is 1. The Balaban J connectivity index is 0.991. The first kappa shape index (κ1) is 54.0. The van der Waals surface area contributed by atoms with Crippen LogP contribution in [0.3, 0.4) is 0 Å². The zero-order chi connectivity index (χ0) is 53.4. The molecule has 0 saturated carbocycles. The number of fused-ring (bicyclic) bond motifs is 1. The highest BCUT2D eigenvalue weighted by Gasteiger charge is 2.30. The smallest absolute Gasteiger partial charge is 0.410 e. The van der Waals surface area contributed by atoms with Crippen molar-refractivity contribution < 1.29 is 43.0 Å². The molecule has 0 bridgehead atoms. The molecule has 0 spiro atoms. The molecule has 75 heavy (non-hydrogen) atoms. The van der Waals surface area contributed by atoms with E-state index < -0.39 is 30.0 Å². The molecule has 21 heteroatoms. The summed E-state index contributed by atoms with van der Waals surface area (Å²) in [7, 11) is 1.58. The van der Waals surface area contributed by atoms with Crippen LogP contribution in [0.2, 0.25) is 0 Å². The topological polar surface area (TPSA) is 278 Å². The maximum atomic E-state index is 14.1. The number of rotatable bonds is 26. The lowest BCUT2D eigenvalue weighted by atomic mass is 9.89. The van der Waals surface area contributed by atoms with Gasteiger partial charge in [0.15, 0.2) is 11.4 Å². The van der Waals surface area contributed by atoms with Crippen molar-refractivity contribution in [2.45, 2.75) is 91.5 Å². The molecule has 2 atom stereocenters. The van der Waals surface area contributed by atoms with E-state index in [-0.39, 0.29) is 81.5 Å². The number of hydrogen-bond acceptors (Lipinski definition) is 13. The minimum atomic E-state index is -0.858. The summed E-state index contributed by atoms with van der Waals surface area (Å²) in [6, 6.07) is 22.0. The van der Waals surface area contributed by atoms with Crippen LogP contribution in [-0.2, 0) is 48.4 Å². The first-order valence-corrected chi connectivity index (χ1v) is 24.8. The van der Waals surface area contributed by atoms with Crippen molar-refractivity contribution in [3.05, 3.63) is 126 Å². The van der Waals surface area contributed by atoms with Crippen molar-refractivity contribution in [1.29, 1.82) is 0 Å². The molecule has 4 aromatic heterocycles. The molecule has 1 aliphatic heterocycles. The van der Waals surface area contributed by atoms with E-state index in [4.69, 9.17) is 25.2 Å². The molecular formula is C54H62N12O9. The zero-order valence-electron chi connectivity index (χ0n) is 42.4. The van der Waals surface area contributed by atoms with Crippen molar-refractivity contribution in [3.8, 4) is 28.4 Å². The SMILES string of the molecule is COc1ccc(CN(Cc2nc(-c3ccc4ncnn4c3)c(-c3cccc(C)n3)[nH]2)C(=O)OCc2ccc(NC(=O)[C@H](CCCNC(N)=O)CC(=O)[C@@H](NC(=O)CCCCCN3C(=O)C=CC3=O)C(C)C)cc2)cc1. The molecule has 5 heterocycles. The molecule has 7 rings (SSSR count). The lowest BCUT2D eigenvalue weighted by molar-refractivity contribution is -0.137. The Labute approximate surface area is 433 Å². The van der Waals surface area contributed by atoms with Gasteiger partial charge in [-0.05, 0) is 98.2 Å². The lowest BCUT2D eigenvalue weighted by Gasteiger charge is -2.24. The third kappa shape index (κ3) is 15.2. The van der Waals surface area contributed by atoms with E-state index in [0.29, 0.717) is 71.2 Å². The number of carbonyl (C=O) groups excluding carboxylic acids is 7. The van der Waals surface area contributed by atoms with Crippen LogP contribution in [0, 0.1) is 18.8 Å². The van der Waals surface area contributed by atoms with E-state index >= 15 is 0 Å². The monoisotopic (exact) mass is 1020 g/mol. The number of urea groups is 1. The summed E-state index contributed by atoms with van der Waals surface area (Å²) >= 11 is 0. The van der Waals surface area contributed by atoms with E-state index in [1.165, 1.54) is 23.4 Å². The fraction of sp³-hybridized carbons (Fsp3) is 0.352. The van der Waals surface area contributed by atoms with Crippen LogP contribution < -0.4 is 26.4 Å². The number of pyridine rings is 2. The maximum Gasteiger partial charge on any atom is 0.410 e. The Bertz CT molecular complexity index is 3000. The number of ether oxygens (including phenoxy) is 2. The molecule has 6 N–H and O–H groups in total. The summed E-state index contributed by atoms with van der Waals surface area (Å²) < 4.78 is 12.9. The Hall–Kier alpha value is -8.75. The minimum absolute atomic E-state index is 0.0415. The van der Waals surface area contributed by atoms with Gasteiger partial charge in [0.05, 0.1) is 36.8 Å². The second kappa shape index (κ2) is 25.8. The molecule has 0 unspecified atom stereocenters. The van der Waals surface area contributed by atoms with Gasteiger partial charge >= 0.3 is 12.1 Å². The van der Waals surface area contributed by atoms with Gasteiger partial charge in [-0.15, -0.1) is 0 Å². The second-order valence-corrected chi connectivity index (χ2v) is 18.6. The summed E-state index contributed by atoms with van der Waals surface area (Å²) in [6.07, 6.45) is 7.32. The predicted molar refractivity (Wildman–Crippen MR) is 277 cm³/mol. The number of primary amides is 1. The number of benzene rings is 2. The Kier molecular flexibility index (Phi) is 18.6. The molecule has 0 radical (unpaired) electrons. The summed E-state index contributed by atoms with van der Waals surface area (Å²) in [6.45, 7) is 6.09. The molecule has 0 saturated heterocycles. The number of nitrogens with two attached hydrogens (primary N) is 1. The van der Waals surface area contributed by atoms with Crippen LogP contribution >= 0.6 is 0 Å². The lowest BCUT2D eigenvalue weighted by Crippen LogP contribution is -2.45. The van der Waals surface area contributed by atoms with Crippen LogP contribution in [0.25, 0.3) is 28.3 Å². The number of aromatic nitrogens is 6. The van der Waals surface area contributed by atoms with E-state index in [1.54, 1.807) is 35.9 Å². The second-order valence-electron chi connectivity index (χ2n) is 18.6. The first-order valence-electron chi connectivity index (χ1n) is 24.8. The van der Waals surface area contributed by atoms with Gasteiger partial charge in [0.1, 0.15) is 24.5 Å². The Morgan fingerprint density at radius 1 is 0.853 bits per heavy atom. The number of H-pyrrole nitrogens is 1. The average molecular weight is 1020 g/mol. The number of amides is 7. The Morgan fingerprint density at radius 2 is 1.60 bits per heavy atom. The van der Waals surface area contributed by atoms with Crippen LogP contribution in [0.5, 0.6) is 5.75 Å². The van der Waals surface area contributed by atoms with E-state index in [1.807, 2.05) is 81.6 Å². The van der Waals surface area contributed by atoms with Crippen LogP contribution in [0.15, 0.2) is 104 Å². The fourth-order valence-corrected chi connectivity index (χ4v) is 8.52. The number of imide groups is 1. The summed E-state index contributed by atoms with van der Waals surface area (Å²) in [5.41, 5.74) is 11.3. The number of Topliss-reactive ketones (excluding diaryl/α,β-unsaturated/α-hetero) is 1. The van der Waals surface area contributed by atoms with Crippen LogP contribution in [0.1, 0.15) is 81.4 Å². The quantitative estimate of drug-likeness (QED) is 0.0290. The number of aromatic amines is 1. The van der Waals surface area contributed by atoms with Gasteiger partial charge in [0, 0.05) is 73.7 Å². The molecule has 392 valence electrons. The van der Waals surface area contributed by atoms with E-state index in [0.717, 1.165) is 21.7 Å². The van der Waals surface area contributed by atoms with Crippen LogP contribution in [0.4, 0.5) is 15.3 Å². The van der Waals surface area contributed by atoms with Crippen molar-refractivity contribution in [2.24, 2.45) is 17.6 Å². The number of anilines is 1. The number of aryl methyl sites for hydroxylation is 1. The molecule has 6 aromatic rings. The van der Waals surface area contributed by atoms with Crippen molar-refractivity contribution in [1.82, 2.24) is 50.0 Å². The number of imidazole rings is 1. The summed E-state index contributed by atoms with van der Waals surface area (Å²) in [5, 5.41) is 12.6. The largest absolute Gasteiger partial charge is 0.497 e. The van der Waals surface area contributed by atoms with Gasteiger partial charge in [-0.25, -0.2) is 24.1 Å². The maximum absolute atomic E-state index is 14.1. The number of carbonyl (C=O) groups is 7. The minimum Gasteiger partial charge on any atom is -0.497 e. The van der Waals surface area contributed by atoms with Crippen molar-refractivity contribution >= 4 is 52.9 Å². The Morgan fingerprint density at radius 3 is 2.31 bits per heavy atom. The number of nitrogens with zero attached hydrogens (tertiary/aromatic N) is 7. The van der Waals surface area contributed by atoms with Gasteiger partial charge in [-0.3, -0.25) is 38.8 Å². The van der Waals surface area contributed by atoms with Gasteiger partial charge in [0.25, 0.3) is 11.8 Å². The highest BCUT2D eigenvalue weighted by atomic mass is 16.6. The van der Waals surface area contributed by atoms with Gasteiger partial charge in [0.2, 0.25) is 11.8 Å². The standard InChI is InChI=1S/C54H62N12O9/c1-34(2)49(63-46(68)13-6-5-7-27-65-47(69)24-25-48(65)70)43(67)28-38(11-9-26-56-53(55)72)52(71)60-40-19-14-37(15-20-40)32-75-54(73)64(29-36-16-21-41(74-4)22-17-36)31-44-61-50(39-18-23-45-57-33-58-66(45)30-39)51(62-44)42-12-8-10-35(3)59-42/h8,10,12,14-25,30,33-34,38,49H,5-7,9,11,13,26-29,31-32H2,1-4H3,(H,60,71)(H,61,62)(H,63,68)(H3,55,56,72)/t38-,49+/m1/s1. The summed E-state index contributed by atoms with van der Waals surface area (Å²) in [4.78, 5) is 110. The third-order valence-electron chi connectivity index (χ3n) is 12.5. The summed E-state index contributed by atoms with van der Waals surface area (Å²) in [5.74, 6) is -1.73. The average Bonchev–Trinajstić information content (AvgIpc) is 4.14. The number of nitrogens with one attached hydrogen (secondary N) is 4. The third-order valence-corrected chi connectivity index (χ3v) is 12.5. The predicted octanol–water partition coefficient (Wildman–Crippen LogP) is 6.43. The van der Waals surface area contributed by atoms with Crippen molar-refractivity contribution in [3.63, 3.8) is 0 Å². The highest BCUT2D eigenvalue weighted by molar-refractivity contribution is 6.12. The molecule has 7 amide bonds. The normalized spacial score (nSPS) is 12.9. The van der Waals surface area contributed by atoms with Gasteiger partial charge in [-0.1, -0.05) is 50.6 Å². The molecule has 2 aromatic carbocycles. The zero-order valence-corrected chi connectivity index (χ0v) is 42.4. The molecule has 0 fully saturated rings. The van der Waals surface area contributed by atoms with Gasteiger partial charge < -0.3 is 36.1 Å². The molecule has 1 aliphatic rings. The number of unbranched alkanes of at least 4 members (excludes halogenated alkanes) is 2. The molecule has 0 aliphatic carbocycles. The van der Waals surface area contributed by atoms with E-state index in [9.17, 15) is 33.6 Å². The van der Waals surface area contributed by atoms with Crippen molar-refractivity contribution in [2.75, 3.05) is 25.5 Å². The molecular weight excluding hydrogens is 961 g/mol. The number of hydrogen-bond donors (Lipinski definition) is 5. The fourth-order valence-electron chi connectivity index (χ4n) is 8.52. The van der Waals surface area contributed by atoms with Gasteiger partial charge in [-0.2, -0.15) is 5.10 Å². The van der Waals surface area contributed by atoms with E-state index in [2.05, 4.69) is 31.0 Å². The number of methoxy groups -OCH3 is 1. The first-order chi connectivity index (χ1) is 36.1.